The van der Waals surface area contributed by atoms with Crippen LogP contribution in [0, 0.1) is 0 Å². The number of piperidine rings is 1. The fraction of sp³-hybridized carbons (Fsp3) is 0.500. The fourth-order valence-electron chi connectivity index (χ4n) is 2.71. The van der Waals surface area contributed by atoms with Crippen molar-refractivity contribution in [1.82, 2.24) is 9.88 Å². The molecule has 0 saturated carbocycles. The molecule has 1 unspecified atom stereocenters. The summed E-state index contributed by atoms with van der Waals surface area (Å²) in [6.07, 6.45) is 3.40. The van der Waals surface area contributed by atoms with E-state index < -0.39 is 0 Å². The van der Waals surface area contributed by atoms with Crippen molar-refractivity contribution in [2.75, 3.05) is 18.9 Å². The van der Waals surface area contributed by atoms with Crippen LogP contribution >= 0.6 is 0 Å². The van der Waals surface area contributed by atoms with E-state index in [4.69, 9.17) is 10.2 Å². The van der Waals surface area contributed by atoms with Crippen LogP contribution in [0.2, 0.25) is 0 Å². The van der Waals surface area contributed by atoms with Gasteiger partial charge in [-0.05, 0) is 37.6 Å². The predicted molar refractivity (Wildman–Crippen MR) is 73.6 cm³/mol. The van der Waals surface area contributed by atoms with Gasteiger partial charge in [0.05, 0.1) is 13.2 Å². The van der Waals surface area contributed by atoms with Crippen LogP contribution < -0.4 is 5.73 Å². The Kier molecular flexibility index (Phi) is 3.40. The topological polar surface area (TPSA) is 75.5 Å². The van der Waals surface area contributed by atoms with Crippen LogP contribution in [0.15, 0.2) is 22.6 Å². The first-order chi connectivity index (χ1) is 9.26. The van der Waals surface area contributed by atoms with E-state index in [-0.39, 0.29) is 12.6 Å². The summed E-state index contributed by atoms with van der Waals surface area (Å²) in [5, 5.41) is 9.41. The molecule has 1 saturated heterocycles. The van der Waals surface area contributed by atoms with E-state index in [0.29, 0.717) is 18.1 Å². The molecule has 0 spiro atoms. The average Bonchev–Trinajstić information content (AvgIpc) is 2.80. The van der Waals surface area contributed by atoms with Crippen LogP contribution in [0.4, 0.5) is 5.69 Å². The first kappa shape index (κ1) is 12.4. The van der Waals surface area contributed by atoms with Gasteiger partial charge in [0.1, 0.15) is 5.52 Å². The van der Waals surface area contributed by atoms with Crippen LogP contribution in [0.5, 0.6) is 0 Å². The first-order valence-corrected chi connectivity index (χ1v) is 6.76. The van der Waals surface area contributed by atoms with Crippen molar-refractivity contribution in [3.05, 3.63) is 24.1 Å². The molecule has 1 atom stereocenters. The highest BCUT2D eigenvalue weighted by atomic mass is 16.3. The molecule has 19 heavy (non-hydrogen) atoms. The summed E-state index contributed by atoms with van der Waals surface area (Å²) in [6, 6.07) is 5.71. The standard InChI is InChI=1S/C14H19N3O2/c15-10-4-5-13-12(7-10)16-14(19-13)8-17-6-2-1-3-11(17)9-18/h4-5,7,11,18H,1-3,6,8-9,15H2. The number of oxazole rings is 1. The van der Waals surface area contributed by atoms with Gasteiger partial charge >= 0.3 is 0 Å². The number of rotatable bonds is 3. The van der Waals surface area contributed by atoms with Crippen LogP contribution in [0.25, 0.3) is 11.1 Å². The van der Waals surface area contributed by atoms with E-state index in [2.05, 4.69) is 9.88 Å². The summed E-state index contributed by atoms with van der Waals surface area (Å²) in [5.74, 6) is 0.695. The molecular formula is C14H19N3O2. The normalized spacial score (nSPS) is 21.0. The summed E-state index contributed by atoms with van der Waals surface area (Å²) < 4.78 is 5.73. The van der Waals surface area contributed by atoms with Crippen molar-refractivity contribution in [3.63, 3.8) is 0 Å². The molecule has 1 aliphatic rings. The number of nitrogens with zero attached hydrogens (tertiary/aromatic N) is 2. The second-order valence-electron chi connectivity index (χ2n) is 5.14. The minimum absolute atomic E-state index is 0.202. The van der Waals surface area contributed by atoms with Crippen LogP contribution in [-0.4, -0.2) is 34.2 Å². The van der Waals surface area contributed by atoms with E-state index in [1.165, 1.54) is 12.8 Å². The number of benzene rings is 1. The summed E-state index contributed by atoms with van der Waals surface area (Å²) in [5.41, 5.74) is 7.99. The maximum absolute atomic E-state index is 9.41. The molecule has 0 bridgehead atoms. The second-order valence-corrected chi connectivity index (χ2v) is 5.14. The molecule has 1 aromatic heterocycles. The lowest BCUT2D eigenvalue weighted by atomic mass is 10.0. The van der Waals surface area contributed by atoms with Crippen molar-refractivity contribution in [2.45, 2.75) is 31.8 Å². The molecule has 1 fully saturated rings. The predicted octanol–water partition coefficient (Wildman–Crippen LogP) is 1.76. The Labute approximate surface area is 112 Å². The monoisotopic (exact) mass is 261 g/mol. The molecule has 102 valence electrons. The van der Waals surface area contributed by atoms with Crippen molar-refractivity contribution < 1.29 is 9.52 Å². The molecule has 3 N–H and O–H groups in total. The van der Waals surface area contributed by atoms with Crippen molar-refractivity contribution in [1.29, 1.82) is 0 Å². The van der Waals surface area contributed by atoms with E-state index in [9.17, 15) is 5.11 Å². The number of aromatic nitrogens is 1. The number of nitrogen functional groups attached to an aromatic ring is 1. The van der Waals surface area contributed by atoms with Crippen molar-refractivity contribution in [2.24, 2.45) is 0 Å². The summed E-state index contributed by atoms with van der Waals surface area (Å²) in [4.78, 5) is 6.71. The lowest BCUT2D eigenvalue weighted by Gasteiger charge is -2.33. The maximum Gasteiger partial charge on any atom is 0.209 e. The molecule has 2 aromatic rings. The number of aliphatic hydroxyl groups is 1. The molecule has 0 aliphatic carbocycles. The number of likely N-dealkylation sites (tertiary alicyclic amines) is 1. The third kappa shape index (κ3) is 2.57. The Balaban J connectivity index is 1.80. The molecule has 5 nitrogen and oxygen atoms in total. The van der Waals surface area contributed by atoms with Gasteiger partial charge in [-0.3, -0.25) is 4.90 Å². The zero-order valence-corrected chi connectivity index (χ0v) is 10.9. The van der Waals surface area contributed by atoms with Gasteiger partial charge in [0.25, 0.3) is 0 Å². The van der Waals surface area contributed by atoms with Gasteiger partial charge in [-0.25, -0.2) is 4.98 Å². The largest absolute Gasteiger partial charge is 0.439 e. The van der Waals surface area contributed by atoms with Gasteiger partial charge in [-0.15, -0.1) is 0 Å². The van der Waals surface area contributed by atoms with Crippen LogP contribution in [0.3, 0.4) is 0 Å². The molecule has 2 heterocycles. The van der Waals surface area contributed by atoms with Gasteiger partial charge in [0.15, 0.2) is 5.58 Å². The smallest absolute Gasteiger partial charge is 0.209 e. The highest BCUT2D eigenvalue weighted by Crippen LogP contribution is 2.22. The van der Waals surface area contributed by atoms with Gasteiger partial charge in [0, 0.05) is 11.7 Å². The molecule has 0 radical (unpaired) electrons. The Morgan fingerprint density at radius 1 is 1.42 bits per heavy atom. The number of hydrogen-bond acceptors (Lipinski definition) is 5. The lowest BCUT2D eigenvalue weighted by molar-refractivity contribution is 0.0773. The molecule has 0 amide bonds. The number of aliphatic hydroxyl groups excluding tert-OH is 1. The third-order valence-electron chi connectivity index (χ3n) is 3.75. The first-order valence-electron chi connectivity index (χ1n) is 6.76. The number of nitrogens with two attached hydrogens (primary N) is 1. The Morgan fingerprint density at radius 3 is 3.16 bits per heavy atom. The number of fused-ring (bicyclic) bond motifs is 1. The average molecular weight is 261 g/mol. The lowest BCUT2D eigenvalue weighted by Crippen LogP contribution is -2.41. The molecule has 1 aliphatic heterocycles. The number of anilines is 1. The van der Waals surface area contributed by atoms with E-state index in [1.807, 2.05) is 18.2 Å². The zero-order chi connectivity index (χ0) is 13.2. The highest BCUT2D eigenvalue weighted by Gasteiger charge is 2.23. The van der Waals surface area contributed by atoms with Gasteiger partial charge in [-0.2, -0.15) is 0 Å². The number of hydrogen-bond donors (Lipinski definition) is 2. The Morgan fingerprint density at radius 2 is 2.32 bits per heavy atom. The summed E-state index contributed by atoms with van der Waals surface area (Å²) in [7, 11) is 0. The van der Waals surface area contributed by atoms with Gasteiger partial charge in [0.2, 0.25) is 5.89 Å². The minimum atomic E-state index is 0.202. The van der Waals surface area contributed by atoms with Gasteiger partial charge < -0.3 is 15.3 Å². The van der Waals surface area contributed by atoms with E-state index in [1.54, 1.807) is 0 Å². The fourth-order valence-corrected chi connectivity index (χ4v) is 2.71. The molecule has 3 rings (SSSR count). The van der Waals surface area contributed by atoms with E-state index in [0.717, 1.165) is 24.1 Å². The minimum Gasteiger partial charge on any atom is -0.439 e. The third-order valence-corrected chi connectivity index (χ3v) is 3.75. The maximum atomic E-state index is 9.41. The van der Waals surface area contributed by atoms with Crippen molar-refractivity contribution in [3.8, 4) is 0 Å². The van der Waals surface area contributed by atoms with Crippen LogP contribution in [0.1, 0.15) is 25.2 Å². The van der Waals surface area contributed by atoms with Crippen molar-refractivity contribution >= 4 is 16.8 Å². The summed E-state index contributed by atoms with van der Waals surface area (Å²) >= 11 is 0. The Hall–Kier alpha value is -1.59. The van der Waals surface area contributed by atoms with Gasteiger partial charge in [-0.1, -0.05) is 6.42 Å². The zero-order valence-electron chi connectivity index (χ0n) is 10.9. The molecular weight excluding hydrogens is 242 g/mol. The second kappa shape index (κ2) is 5.19. The molecule has 1 aromatic carbocycles. The highest BCUT2D eigenvalue weighted by molar-refractivity contribution is 5.76. The Bertz CT molecular complexity index is 567. The quantitative estimate of drug-likeness (QED) is 0.823. The van der Waals surface area contributed by atoms with Crippen LogP contribution in [-0.2, 0) is 6.54 Å². The SMILES string of the molecule is Nc1ccc2oc(CN3CCCCC3CO)nc2c1. The summed E-state index contributed by atoms with van der Waals surface area (Å²) in [6.45, 7) is 1.85. The van der Waals surface area contributed by atoms with E-state index >= 15 is 0 Å². The molecule has 5 heteroatoms.